The van der Waals surface area contributed by atoms with Crippen molar-refractivity contribution in [3.8, 4) is 5.75 Å². The second-order valence-corrected chi connectivity index (χ2v) is 7.37. The van der Waals surface area contributed by atoms with Crippen LogP contribution in [0, 0.1) is 0 Å². The summed E-state index contributed by atoms with van der Waals surface area (Å²) in [5.41, 5.74) is 0.866. The van der Waals surface area contributed by atoms with E-state index in [-0.39, 0.29) is 23.2 Å². The molecule has 0 saturated carbocycles. The van der Waals surface area contributed by atoms with Crippen molar-refractivity contribution in [3.05, 3.63) is 54.1 Å². The van der Waals surface area contributed by atoms with Gasteiger partial charge in [-0.15, -0.1) is 12.4 Å². The fourth-order valence-electron chi connectivity index (χ4n) is 2.25. The number of carbonyl (C=O) groups is 1. The minimum Gasteiger partial charge on any atom is -0.497 e. The van der Waals surface area contributed by atoms with Crippen molar-refractivity contribution >= 4 is 34.0 Å². The van der Waals surface area contributed by atoms with Gasteiger partial charge in [-0.25, -0.2) is 8.42 Å². The Morgan fingerprint density at radius 3 is 2.19 bits per heavy atom. The standard InChI is InChI=1S/C18H23N3O4S.ClH/c1-19-12-13-21(2)18(22)14-4-10-17(11-5-14)26(23,24)20-15-6-8-16(25-3)9-7-15;/h4-11,19-20H,12-13H2,1-3H3;1H. The summed E-state index contributed by atoms with van der Waals surface area (Å²) in [5, 5.41) is 2.97. The third-order valence-corrected chi connectivity index (χ3v) is 5.19. The number of amides is 1. The Bertz CT molecular complexity index is 840. The zero-order chi connectivity index (χ0) is 19.2. The number of halogens is 1. The van der Waals surface area contributed by atoms with Crippen molar-refractivity contribution in [3.63, 3.8) is 0 Å². The van der Waals surface area contributed by atoms with Crippen molar-refractivity contribution in [2.75, 3.05) is 39.0 Å². The second-order valence-electron chi connectivity index (χ2n) is 5.69. The average Bonchev–Trinajstić information content (AvgIpc) is 2.66. The molecule has 0 saturated heterocycles. The first kappa shape index (κ1) is 22.8. The molecule has 0 bridgehead atoms. The number of rotatable bonds is 8. The summed E-state index contributed by atoms with van der Waals surface area (Å²) >= 11 is 0. The van der Waals surface area contributed by atoms with E-state index < -0.39 is 10.0 Å². The third-order valence-electron chi connectivity index (χ3n) is 3.80. The zero-order valence-corrected chi connectivity index (χ0v) is 17.1. The molecule has 2 aromatic carbocycles. The lowest BCUT2D eigenvalue weighted by Gasteiger charge is -2.17. The SMILES string of the molecule is CNCCN(C)C(=O)c1ccc(S(=O)(=O)Nc2ccc(OC)cc2)cc1.Cl. The van der Waals surface area contributed by atoms with E-state index in [4.69, 9.17) is 4.74 Å². The molecular formula is C18H24ClN3O4S. The molecule has 0 atom stereocenters. The molecule has 0 aliphatic carbocycles. The van der Waals surface area contributed by atoms with Gasteiger partial charge in [0.25, 0.3) is 15.9 Å². The van der Waals surface area contributed by atoms with Crippen LogP contribution in [-0.4, -0.2) is 53.5 Å². The quantitative estimate of drug-likeness (QED) is 0.692. The molecule has 2 aromatic rings. The van der Waals surface area contributed by atoms with Gasteiger partial charge in [-0.3, -0.25) is 9.52 Å². The molecule has 0 fully saturated rings. The highest BCUT2D eigenvalue weighted by molar-refractivity contribution is 7.92. The number of anilines is 1. The number of carbonyl (C=O) groups excluding carboxylic acids is 1. The van der Waals surface area contributed by atoms with Crippen LogP contribution in [-0.2, 0) is 10.0 Å². The largest absolute Gasteiger partial charge is 0.497 e. The van der Waals surface area contributed by atoms with E-state index in [2.05, 4.69) is 10.0 Å². The predicted molar refractivity (Wildman–Crippen MR) is 108 cm³/mol. The summed E-state index contributed by atoms with van der Waals surface area (Å²) < 4.78 is 32.5. The molecule has 0 spiro atoms. The van der Waals surface area contributed by atoms with Gasteiger partial charge in [-0.05, 0) is 55.6 Å². The Labute approximate surface area is 166 Å². The molecule has 27 heavy (non-hydrogen) atoms. The second kappa shape index (κ2) is 10.1. The summed E-state index contributed by atoms with van der Waals surface area (Å²) in [6.07, 6.45) is 0. The Balaban J connectivity index is 0.00000364. The molecule has 148 valence electrons. The molecule has 2 N–H and O–H groups in total. The average molecular weight is 414 g/mol. The van der Waals surface area contributed by atoms with E-state index in [1.165, 1.54) is 31.4 Å². The van der Waals surface area contributed by atoms with E-state index >= 15 is 0 Å². The Morgan fingerprint density at radius 1 is 1.07 bits per heavy atom. The number of likely N-dealkylation sites (N-methyl/N-ethyl adjacent to an activating group) is 2. The van der Waals surface area contributed by atoms with Gasteiger partial charge < -0.3 is 15.0 Å². The monoisotopic (exact) mass is 413 g/mol. The van der Waals surface area contributed by atoms with Crippen LogP contribution in [0.5, 0.6) is 5.75 Å². The summed E-state index contributed by atoms with van der Waals surface area (Å²) in [6.45, 7) is 1.24. The Hall–Kier alpha value is -2.29. The maximum Gasteiger partial charge on any atom is 0.261 e. The topological polar surface area (TPSA) is 87.7 Å². The molecule has 0 aliphatic heterocycles. The first-order valence-corrected chi connectivity index (χ1v) is 9.52. The van der Waals surface area contributed by atoms with Gasteiger partial charge in [0.15, 0.2) is 0 Å². The lowest BCUT2D eigenvalue weighted by atomic mass is 10.2. The van der Waals surface area contributed by atoms with Crippen LogP contribution in [0.15, 0.2) is 53.4 Å². The van der Waals surface area contributed by atoms with Gasteiger partial charge in [-0.2, -0.15) is 0 Å². The number of nitrogens with zero attached hydrogens (tertiary/aromatic N) is 1. The molecule has 0 radical (unpaired) electrons. The molecule has 7 nitrogen and oxygen atoms in total. The molecular weight excluding hydrogens is 390 g/mol. The normalized spacial score (nSPS) is 10.6. The van der Waals surface area contributed by atoms with Crippen LogP contribution >= 0.6 is 12.4 Å². The summed E-state index contributed by atoms with van der Waals surface area (Å²) in [5.74, 6) is 0.477. The van der Waals surface area contributed by atoms with Crippen LogP contribution in [0.4, 0.5) is 5.69 Å². The third kappa shape index (κ3) is 6.13. The molecule has 2 rings (SSSR count). The van der Waals surface area contributed by atoms with Crippen molar-refractivity contribution in [2.45, 2.75) is 4.90 Å². The number of methoxy groups -OCH3 is 1. The number of nitrogens with one attached hydrogen (secondary N) is 2. The van der Waals surface area contributed by atoms with Gasteiger partial charge in [0.2, 0.25) is 0 Å². The lowest BCUT2D eigenvalue weighted by Crippen LogP contribution is -2.32. The minimum atomic E-state index is -3.74. The number of benzene rings is 2. The van der Waals surface area contributed by atoms with Gasteiger partial charge in [0.05, 0.1) is 12.0 Å². The van der Waals surface area contributed by atoms with Crippen molar-refractivity contribution in [1.82, 2.24) is 10.2 Å². The molecule has 9 heteroatoms. The van der Waals surface area contributed by atoms with Gasteiger partial charge in [0.1, 0.15) is 5.75 Å². The Kier molecular flexibility index (Phi) is 8.55. The van der Waals surface area contributed by atoms with E-state index in [1.54, 1.807) is 36.2 Å². The molecule has 1 amide bonds. The summed E-state index contributed by atoms with van der Waals surface area (Å²) in [4.78, 5) is 13.9. The van der Waals surface area contributed by atoms with E-state index in [9.17, 15) is 13.2 Å². The van der Waals surface area contributed by atoms with Crippen LogP contribution in [0.25, 0.3) is 0 Å². The van der Waals surface area contributed by atoms with Gasteiger partial charge >= 0.3 is 0 Å². The summed E-state index contributed by atoms with van der Waals surface area (Å²) in [6, 6.07) is 12.4. The van der Waals surface area contributed by atoms with Crippen molar-refractivity contribution < 1.29 is 17.9 Å². The maximum atomic E-state index is 12.5. The van der Waals surface area contributed by atoms with Crippen molar-refractivity contribution in [2.24, 2.45) is 0 Å². The Morgan fingerprint density at radius 2 is 1.67 bits per heavy atom. The van der Waals surface area contributed by atoms with Crippen LogP contribution in [0.3, 0.4) is 0 Å². The highest BCUT2D eigenvalue weighted by Crippen LogP contribution is 2.19. The minimum absolute atomic E-state index is 0. The van der Waals surface area contributed by atoms with E-state index in [0.717, 1.165) is 0 Å². The van der Waals surface area contributed by atoms with E-state index in [0.29, 0.717) is 30.1 Å². The molecule has 0 unspecified atom stereocenters. The zero-order valence-electron chi connectivity index (χ0n) is 15.4. The fraction of sp³-hybridized carbons (Fsp3) is 0.278. The number of hydrogen-bond donors (Lipinski definition) is 2. The van der Waals surface area contributed by atoms with Crippen LogP contribution < -0.4 is 14.8 Å². The lowest BCUT2D eigenvalue weighted by molar-refractivity contribution is 0.0796. The molecule has 0 aliphatic rings. The predicted octanol–water partition coefficient (Wildman–Crippen LogP) is 2.21. The van der Waals surface area contributed by atoms with E-state index in [1.807, 2.05) is 7.05 Å². The first-order valence-electron chi connectivity index (χ1n) is 8.04. The number of ether oxygens (including phenoxy) is 1. The fourth-order valence-corrected chi connectivity index (χ4v) is 3.31. The first-order chi connectivity index (χ1) is 12.4. The molecule has 0 heterocycles. The van der Waals surface area contributed by atoms with Crippen molar-refractivity contribution in [1.29, 1.82) is 0 Å². The molecule has 0 aromatic heterocycles. The van der Waals surface area contributed by atoms with Crippen LogP contribution in [0.1, 0.15) is 10.4 Å². The smallest absolute Gasteiger partial charge is 0.261 e. The highest BCUT2D eigenvalue weighted by atomic mass is 35.5. The highest BCUT2D eigenvalue weighted by Gasteiger charge is 2.16. The maximum absolute atomic E-state index is 12.5. The van der Waals surface area contributed by atoms with Gasteiger partial charge in [-0.1, -0.05) is 0 Å². The van der Waals surface area contributed by atoms with Crippen LogP contribution in [0.2, 0.25) is 0 Å². The van der Waals surface area contributed by atoms with Gasteiger partial charge in [0, 0.05) is 31.4 Å². The number of sulfonamides is 1. The summed E-state index contributed by atoms with van der Waals surface area (Å²) in [7, 11) is 1.32. The number of hydrogen-bond acceptors (Lipinski definition) is 5.